The first-order valence-corrected chi connectivity index (χ1v) is 12.7. The fourth-order valence-electron chi connectivity index (χ4n) is 4.02. The van der Waals surface area contributed by atoms with E-state index >= 15 is 0 Å². The number of hydrogen-bond donors (Lipinski definition) is 2. The van der Waals surface area contributed by atoms with Crippen LogP contribution in [0, 0.1) is 0 Å². The Hall–Kier alpha value is -4.85. The molecule has 1 atom stereocenters. The molecule has 2 amide bonds. The van der Waals surface area contributed by atoms with Crippen molar-refractivity contribution in [2.75, 3.05) is 32.8 Å². The summed E-state index contributed by atoms with van der Waals surface area (Å²) in [5.41, 5.74) is 0.679. The fraction of sp³-hybridized carbons (Fsp3) is 0.346. The maximum absolute atomic E-state index is 13.4. The molecule has 3 aromatic rings. The lowest BCUT2D eigenvalue weighted by Gasteiger charge is -2.35. The third-order valence-electron chi connectivity index (χ3n) is 6.01. The van der Waals surface area contributed by atoms with E-state index in [1.54, 1.807) is 36.0 Å². The van der Waals surface area contributed by atoms with Crippen LogP contribution in [-0.2, 0) is 19.2 Å². The average Bonchev–Trinajstić information content (AvgIpc) is 3.51. The molecule has 0 bridgehead atoms. The molecule has 2 aromatic heterocycles. The molecule has 4 rings (SSSR count). The van der Waals surface area contributed by atoms with Gasteiger partial charge in [0, 0.05) is 43.5 Å². The number of piperazine rings is 1. The zero-order valence-corrected chi connectivity index (χ0v) is 21.8. The van der Waals surface area contributed by atoms with E-state index in [1.807, 2.05) is 18.2 Å². The summed E-state index contributed by atoms with van der Waals surface area (Å²) in [6, 6.07) is 9.44. The van der Waals surface area contributed by atoms with Crippen molar-refractivity contribution in [1.82, 2.24) is 34.8 Å². The van der Waals surface area contributed by atoms with Crippen LogP contribution in [0.3, 0.4) is 0 Å². The van der Waals surface area contributed by atoms with Crippen molar-refractivity contribution in [1.29, 1.82) is 0 Å². The molecule has 1 saturated heterocycles. The molecule has 0 radical (unpaired) electrons. The molecule has 3 heterocycles. The number of carbonyl (C=O) groups excluding carboxylic acids is 3. The molecule has 0 aliphatic carbocycles. The molecule has 14 nitrogen and oxygen atoms in total. The van der Waals surface area contributed by atoms with Gasteiger partial charge in [0.05, 0.1) is 19.7 Å². The number of aromatic nitrogens is 4. The fourth-order valence-corrected chi connectivity index (χ4v) is 4.02. The number of benzene rings is 1. The van der Waals surface area contributed by atoms with Crippen LogP contribution < -0.4 is 5.32 Å². The predicted octanol–water partition coefficient (Wildman–Crippen LogP) is 1.52. The van der Waals surface area contributed by atoms with E-state index in [0.717, 1.165) is 0 Å². The van der Waals surface area contributed by atoms with E-state index in [0.29, 0.717) is 17.2 Å². The summed E-state index contributed by atoms with van der Waals surface area (Å²) in [7, 11) is 0. The minimum Gasteiger partial charge on any atom is -0.481 e. The van der Waals surface area contributed by atoms with Crippen molar-refractivity contribution in [3.63, 3.8) is 0 Å². The maximum Gasteiger partial charge on any atom is 0.527 e. The van der Waals surface area contributed by atoms with Gasteiger partial charge in [0.1, 0.15) is 23.9 Å². The van der Waals surface area contributed by atoms with Crippen LogP contribution in [0.5, 0.6) is 0 Å². The summed E-state index contributed by atoms with van der Waals surface area (Å²) in [6.07, 6.45) is 3.49. The van der Waals surface area contributed by atoms with Crippen LogP contribution in [0.25, 0.3) is 17.2 Å². The van der Waals surface area contributed by atoms with Crippen molar-refractivity contribution in [3.05, 3.63) is 60.8 Å². The summed E-state index contributed by atoms with van der Waals surface area (Å²) < 4.78 is 6.38. The summed E-state index contributed by atoms with van der Waals surface area (Å²) >= 11 is 0. The highest BCUT2D eigenvalue weighted by molar-refractivity contribution is 5.97. The van der Waals surface area contributed by atoms with Gasteiger partial charge in [-0.2, -0.15) is 0 Å². The highest BCUT2D eigenvalue weighted by Crippen LogP contribution is 2.18. The number of amides is 2. The maximum atomic E-state index is 13.4. The molecular weight excluding hydrogens is 522 g/mol. The average molecular weight is 552 g/mol. The topological polar surface area (TPSA) is 169 Å². The van der Waals surface area contributed by atoms with Crippen molar-refractivity contribution in [3.8, 4) is 17.2 Å². The zero-order chi connectivity index (χ0) is 28.5. The number of rotatable bonds is 10. The van der Waals surface area contributed by atoms with Crippen molar-refractivity contribution < 1.29 is 33.9 Å². The SMILES string of the molecule is CCOC(=O)ON1CCN(C(=O)[C@H](CCC(=O)O)NC(=O)c2cc(-n3ccnc3)nc(-c3ccccc3)n2)CC1. The predicted molar refractivity (Wildman–Crippen MR) is 139 cm³/mol. The quantitative estimate of drug-likeness (QED) is 0.350. The van der Waals surface area contributed by atoms with Crippen LogP contribution in [0.2, 0.25) is 0 Å². The van der Waals surface area contributed by atoms with Crippen LogP contribution in [0.15, 0.2) is 55.1 Å². The minimum absolute atomic E-state index is 0.00154. The minimum atomic E-state index is -1.12. The number of carbonyl (C=O) groups is 4. The lowest BCUT2D eigenvalue weighted by molar-refractivity contribution is -0.157. The van der Waals surface area contributed by atoms with Crippen LogP contribution in [0.1, 0.15) is 30.3 Å². The van der Waals surface area contributed by atoms with Crippen LogP contribution in [0.4, 0.5) is 4.79 Å². The van der Waals surface area contributed by atoms with Gasteiger partial charge < -0.3 is 24.9 Å². The summed E-state index contributed by atoms with van der Waals surface area (Å²) in [5.74, 6) is -1.52. The number of nitrogens with one attached hydrogen (secondary N) is 1. The molecule has 210 valence electrons. The number of carboxylic acids is 1. The van der Waals surface area contributed by atoms with Gasteiger partial charge >= 0.3 is 12.1 Å². The lowest BCUT2D eigenvalue weighted by atomic mass is 10.1. The molecule has 2 N–H and O–H groups in total. The summed E-state index contributed by atoms with van der Waals surface area (Å²) in [5, 5.41) is 13.3. The smallest absolute Gasteiger partial charge is 0.481 e. The molecule has 0 unspecified atom stereocenters. The van der Waals surface area contributed by atoms with E-state index in [9.17, 15) is 24.3 Å². The monoisotopic (exact) mass is 551 g/mol. The first-order chi connectivity index (χ1) is 19.3. The Kier molecular flexibility index (Phi) is 9.35. The third kappa shape index (κ3) is 7.38. The first-order valence-electron chi connectivity index (χ1n) is 12.7. The Morgan fingerprint density at radius 1 is 1.07 bits per heavy atom. The largest absolute Gasteiger partial charge is 0.527 e. The molecule has 1 aromatic carbocycles. The van der Waals surface area contributed by atoms with E-state index in [-0.39, 0.29) is 51.3 Å². The van der Waals surface area contributed by atoms with Gasteiger partial charge in [-0.1, -0.05) is 30.3 Å². The Labute approximate surface area is 229 Å². The Bertz CT molecular complexity index is 1330. The van der Waals surface area contributed by atoms with Crippen molar-refractivity contribution in [2.45, 2.75) is 25.8 Å². The standard InChI is InChI=1S/C26H29N7O7/c1-2-39-26(38)40-33-14-12-31(13-15-33)25(37)19(8-9-22(34)35)29-24(36)20-16-21(32-11-10-27-17-32)30-23(28-20)18-6-4-3-5-7-18/h3-7,10-11,16-17,19H,2,8-9,12-15H2,1H3,(H,29,36)(H,34,35)/t19-/m0/s1. The molecule has 1 fully saturated rings. The second-order valence-electron chi connectivity index (χ2n) is 8.76. The van der Waals surface area contributed by atoms with Gasteiger partial charge in [0.15, 0.2) is 5.82 Å². The van der Waals surface area contributed by atoms with E-state index in [2.05, 4.69) is 20.3 Å². The number of ether oxygens (including phenoxy) is 1. The Balaban J connectivity index is 1.52. The number of nitrogens with zero attached hydrogens (tertiary/aromatic N) is 6. The highest BCUT2D eigenvalue weighted by atomic mass is 16.8. The van der Waals surface area contributed by atoms with Crippen molar-refractivity contribution >= 4 is 23.9 Å². The molecular formula is C26H29N7O7. The van der Waals surface area contributed by atoms with Gasteiger partial charge in [-0.05, 0) is 13.3 Å². The number of hydroxylamine groups is 2. The molecule has 0 saturated carbocycles. The van der Waals surface area contributed by atoms with Gasteiger partial charge in [-0.15, -0.1) is 5.06 Å². The Morgan fingerprint density at radius 3 is 2.48 bits per heavy atom. The van der Waals surface area contributed by atoms with Crippen LogP contribution in [-0.4, -0.2) is 97.4 Å². The number of aliphatic carboxylic acids is 1. The first kappa shape index (κ1) is 28.2. The second kappa shape index (κ2) is 13.3. The summed E-state index contributed by atoms with van der Waals surface area (Å²) in [6.45, 7) is 2.69. The third-order valence-corrected chi connectivity index (χ3v) is 6.01. The normalized spacial score (nSPS) is 14.3. The highest BCUT2D eigenvalue weighted by Gasteiger charge is 2.31. The second-order valence-corrected chi connectivity index (χ2v) is 8.76. The van der Waals surface area contributed by atoms with Gasteiger partial charge in [-0.3, -0.25) is 19.0 Å². The zero-order valence-electron chi connectivity index (χ0n) is 21.8. The molecule has 40 heavy (non-hydrogen) atoms. The van der Waals surface area contributed by atoms with Crippen molar-refractivity contribution in [2.24, 2.45) is 0 Å². The van der Waals surface area contributed by atoms with E-state index in [4.69, 9.17) is 9.57 Å². The van der Waals surface area contributed by atoms with E-state index in [1.165, 1.54) is 22.4 Å². The number of carboxylic acid groups (broad SMARTS) is 1. The Morgan fingerprint density at radius 2 is 1.82 bits per heavy atom. The van der Waals surface area contributed by atoms with Gasteiger partial charge in [0.2, 0.25) is 5.91 Å². The van der Waals surface area contributed by atoms with Gasteiger partial charge in [0.25, 0.3) is 5.91 Å². The molecule has 1 aliphatic heterocycles. The molecule has 1 aliphatic rings. The number of hydrogen-bond acceptors (Lipinski definition) is 10. The number of imidazole rings is 1. The molecule has 0 spiro atoms. The van der Waals surface area contributed by atoms with Gasteiger partial charge in [-0.25, -0.2) is 19.7 Å². The molecule has 14 heteroatoms. The van der Waals surface area contributed by atoms with Crippen LogP contribution >= 0.6 is 0 Å². The lowest BCUT2D eigenvalue weighted by Crippen LogP contribution is -2.55. The van der Waals surface area contributed by atoms with E-state index < -0.39 is 30.0 Å². The summed E-state index contributed by atoms with van der Waals surface area (Å²) in [4.78, 5) is 69.2.